The van der Waals surface area contributed by atoms with E-state index in [0.717, 1.165) is 24.9 Å². The molecule has 1 saturated heterocycles. The molecule has 0 spiro atoms. The summed E-state index contributed by atoms with van der Waals surface area (Å²) in [5, 5.41) is 17.5. The van der Waals surface area contributed by atoms with Crippen LogP contribution in [0.5, 0.6) is 0 Å². The topological polar surface area (TPSA) is 83.5 Å². The molecule has 8 nitrogen and oxygen atoms in total. The highest BCUT2D eigenvalue weighted by molar-refractivity contribution is 5.73. The minimum atomic E-state index is -0.301. The lowest BCUT2D eigenvalue weighted by Crippen LogP contribution is -2.34. The highest BCUT2D eigenvalue weighted by Crippen LogP contribution is 2.26. The van der Waals surface area contributed by atoms with Crippen LogP contribution in [0.15, 0.2) is 55.1 Å². The van der Waals surface area contributed by atoms with Gasteiger partial charge in [0.15, 0.2) is 5.82 Å². The van der Waals surface area contributed by atoms with Gasteiger partial charge in [-0.05, 0) is 43.2 Å². The summed E-state index contributed by atoms with van der Waals surface area (Å²) in [5.41, 5.74) is 1.50. The number of benzene rings is 1. The van der Waals surface area contributed by atoms with Gasteiger partial charge in [0, 0.05) is 18.4 Å². The number of nitrogens with one attached hydrogen (secondary N) is 1. The van der Waals surface area contributed by atoms with Gasteiger partial charge in [-0.1, -0.05) is 6.07 Å². The first-order valence-electron chi connectivity index (χ1n) is 9.51. The lowest BCUT2D eigenvalue weighted by Gasteiger charge is -2.23. The number of hydrogen-bond acceptors (Lipinski definition) is 6. The average Bonchev–Trinajstić information content (AvgIpc) is 3.47. The van der Waals surface area contributed by atoms with Gasteiger partial charge in [0.05, 0.1) is 18.8 Å². The molecule has 3 aromatic heterocycles. The van der Waals surface area contributed by atoms with Crippen LogP contribution in [0.25, 0.3) is 11.2 Å². The van der Waals surface area contributed by atoms with Crippen LogP contribution in [-0.2, 0) is 0 Å². The van der Waals surface area contributed by atoms with Crippen LogP contribution < -0.4 is 10.2 Å². The Balaban J connectivity index is 1.48. The molecule has 0 amide bonds. The lowest BCUT2D eigenvalue weighted by atomic mass is 10.2. The maximum Gasteiger partial charge on any atom is 0.245 e. The minimum absolute atomic E-state index is 0.0306. The molecule has 2 N–H and O–H groups in total. The molecular weight excluding hydrogens is 373 g/mol. The number of aliphatic hydroxyl groups is 1. The van der Waals surface area contributed by atoms with E-state index in [0.29, 0.717) is 23.3 Å². The molecule has 148 valence electrons. The summed E-state index contributed by atoms with van der Waals surface area (Å²) in [6.45, 7) is 0.888. The third kappa shape index (κ3) is 3.29. The lowest BCUT2D eigenvalue weighted by molar-refractivity contribution is 0.265. The second-order valence-corrected chi connectivity index (χ2v) is 7.04. The van der Waals surface area contributed by atoms with Crippen LogP contribution in [0.4, 0.5) is 22.0 Å². The molecule has 0 aliphatic carbocycles. The van der Waals surface area contributed by atoms with E-state index in [2.05, 4.69) is 15.4 Å². The van der Waals surface area contributed by atoms with Gasteiger partial charge in [-0.15, -0.1) is 5.10 Å². The Bertz CT molecular complexity index is 1150. The fraction of sp³-hybridized carbons (Fsp3) is 0.250. The monoisotopic (exact) mass is 393 g/mol. The van der Waals surface area contributed by atoms with Gasteiger partial charge in [0.25, 0.3) is 0 Å². The summed E-state index contributed by atoms with van der Waals surface area (Å²) < 4.78 is 17.0. The molecule has 9 heteroatoms. The smallest absolute Gasteiger partial charge is 0.245 e. The van der Waals surface area contributed by atoms with Gasteiger partial charge in [0.1, 0.15) is 23.5 Å². The maximum atomic E-state index is 13.5. The van der Waals surface area contributed by atoms with Gasteiger partial charge in [-0.3, -0.25) is 0 Å². The number of halogens is 1. The van der Waals surface area contributed by atoms with Crippen LogP contribution in [0.2, 0.25) is 0 Å². The molecule has 0 radical (unpaired) electrons. The SMILES string of the molecule is OC[C@@H]1CCCN1c1nc(Nc2cn(-c3cccc(F)c3)cn2)c2cccn2n1. The van der Waals surface area contributed by atoms with Gasteiger partial charge in [-0.25, -0.2) is 13.9 Å². The average molecular weight is 393 g/mol. The fourth-order valence-corrected chi connectivity index (χ4v) is 3.71. The number of aliphatic hydroxyl groups excluding tert-OH is 1. The van der Waals surface area contributed by atoms with Crippen LogP contribution in [0.1, 0.15) is 12.8 Å². The summed E-state index contributed by atoms with van der Waals surface area (Å²) in [4.78, 5) is 11.1. The number of hydrogen-bond donors (Lipinski definition) is 2. The first kappa shape index (κ1) is 17.6. The van der Waals surface area contributed by atoms with E-state index in [1.807, 2.05) is 29.3 Å². The Labute approximate surface area is 166 Å². The van der Waals surface area contributed by atoms with E-state index in [1.54, 1.807) is 27.7 Å². The first-order valence-corrected chi connectivity index (χ1v) is 9.51. The Morgan fingerprint density at radius 1 is 1.24 bits per heavy atom. The highest BCUT2D eigenvalue weighted by Gasteiger charge is 2.27. The molecule has 1 aromatic carbocycles. The largest absolute Gasteiger partial charge is 0.394 e. The summed E-state index contributed by atoms with van der Waals surface area (Å²) in [7, 11) is 0. The number of fused-ring (bicyclic) bond motifs is 1. The molecule has 4 heterocycles. The molecule has 1 aliphatic heterocycles. The number of rotatable bonds is 5. The van der Waals surface area contributed by atoms with Gasteiger partial charge in [0.2, 0.25) is 5.95 Å². The van der Waals surface area contributed by atoms with Crippen molar-refractivity contribution >= 4 is 23.1 Å². The number of imidazole rings is 1. The number of aromatic nitrogens is 5. The normalized spacial score (nSPS) is 16.6. The molecular formula is C20H20FN7O. The maximum absolute atomic E-state index is 13.5. The van der Waals surface area contributed by atoms with E-state index in [9.17, 15) is 9.50 Å². The third-order valence-electron chi connectivity index (χ3n) is 5.16. The number of anilines is 3. The predicted octanol–water partition coefficient (Wildman–Crippen LogP) is 2.76. The molecule has 29 heavy (non-hydrogen) atoms. The fourth-order valence-electron chi connectivity index (χ4n) is 3.71. The van der Waals surface area contributed by atoms with E-state index < -0.39 is 0 Å². The zero-order chi connectivity index (χ0) is 19.8. The zero-order valence-electron chi connectivity index (χ0n) is 15.6. The van der Waals surface area contributed by atoms with Crippen molar-refractivity contribution in [2.24, 2.45) is 0 Å². The number of nitrogens with zero attached hydrogens (tertiary/aromatic N) is 6. The Morgan fingerprint density at radius 2 is 2.17 bits per heavy atom. The second kappa shape index (κ2) is 7.17. The molecule has 1 aliphatic rings. The van der Waals surface area contributed by atoms with Crippen LogP contribution in [-0.4, -0.2) is 48.4 Å². The van der Waals surface area contributed by atoms with Crippen molar-refractivity contribution < 1.29 is 9.50 Å². The zero-order valence-corrected chi connectivity index (χ0v) is 15.6. The summed E-state index contributed by atoms with van der Waals surface area (Å²) in [5.74, 6) is 1.47. The first-order chi connectivity index (χ1) is 14.2. The quantitative estimate of drug-likeness (QED) is 0.543. The van der Waals surface area contributed by atoms with Crippen LogP contribution >= 0.6 is 0 Å². The Kier molecular flexibility index (Phi) is 4.36. The van der Waals surface area contributed by atoms with E-state index >= 15 is 0 Å². The van der Waals surface area contributed by atoms with Crippen molar-refractivity contribution in [2.75, 3.05) is 23.4 Å². The molecule has 5 rings (SSSR count). The molecule has 0 unspecified atom stereocenters. The van der Waals surface area contributed by atoms with Gasteiger partial charge >= 0.3 is 0 Å². The summed E-state index contributed by atoms with van der Waals surface area (Å²) >= 11 is 0. The van der Waals surface area contributed by atoms with E-state index in [4.69, 9.17) is 4.98 Å². The van der Waals surface area contributed by atoms with Crippen LogP contribution in [0.3, 0.4) is 0 Å². The van der Waals surface area contributed by atoms with Crippen molar-refractivity contribution in [1.29, 1.82) is 0 Å². The summed E-state index contributed by atoms with van der Waals surface area (Å²) in [6, 6.07) is 10.2. The molecule has 0 bridgehead atoms. The molecule has 1 fully saturated rings. The Morgan fingerprint density at radius 3 is 3.03 bits per heavy atom. The van der Waals surface area contributed by atoms with E-state index in [-0.39, 0.29) is 18.5 Å². The predicted molar refractivity (Wildman–Crippen MR) is 107 cm³/mol. The van der Waals surface area contributed by atoms with Crippen LogP contribution in [0, 0.1) is 5.82 Å². The minimum Gasteiger partial charge on any atom is -0.394 e. The van der Waals surface area contributed by atoms with Crippen molar-refractivity contribution in [2.45, 2.75) is 18.9 Å². The van der Waals surface area contributed by atoms with Crippen molar-refractivity contribution in [3.63, 3.8) is 0 Å². The van der Waals surface area contributed by atoms with E-state index in [1.165, 1.54) is 12.1 Å². The highest BCUT2D eigenvalue weighted by atomic mass is 19.1. The molecule has 1 atom stereocenters. The van der Waals surface area contributed by atoms with Gasteiger partial charge in [-0.2, -0.15) is 4.98 Å². The second-order valence-electron chi connectivity index (χ2n) is 7.04. The van der Waals surface area contributed by atoms with Crippen molar-refractivity contribution in [1.82, 2.24) is 24.1 Å². The van der Waals surface area contributed by atoms with Crippen molar-refractivity contribution in [3.8, 4) is 5.69 Å². The molecule has 0 saturated carbocycles. The summed E-state index contributed by atoms with van der Waals surface area (Å²) in [6.07, 6.45) is 7.18. The van der Waals surface area contributed by atoms with Gasteiger partial charge < -0.3 is 19.9 Å². The molecule has 4 aromatic rings. The Hall–Kier alpha value is -3.46. The van der Waals surface area contributed by atoms with Crippen molar-refractivity contribution in [3.05, 3.63) is 60.9 Å². The third-order valence-corrected chi connectivity index (χ3v) is 5.16. The standard InChI is InChI=1S/C20H20FN7O/c21-14-4-1-5-15(10-14)26-11-18(22-13-26)23-19-17-7-3-9-28(17)25-20(24-19)27-8-2-6-16(27)12-29/h1,3-5,7,9-11,13,16,29H,2,6,8,12H2,(H,23,24,25)/t16-/m0/s1.